The summed E-state index contributed by atoms with van der Waals surface area (Å²) in [5.41, 5.74) is 0.988. The van der Waals surface area contributed by atoms with Crippen molar-refractivity contribution in [2.75, 3.05) is 13.1 Å². The molecule has 1 unspecified atom stereocenters. The predicted molar refractivity (Wildman–Crippen MR) is 67.6 cm³/mol. The molecule has 0 spiro atoms. The highest BCUT2D eigenvalue weighted by Crippen LogP contribution is 2.18. The van der Waals surface area contributed by atoms with E-state index in [1.807, 2.05) is 13.8 Å². The van der Waals surface area contributed by atoms with E-state index in [1.165, 1.54) is 4.90 Å². The normalized spacial score (nSPS) is 17.4. The van der Waals surface area contributed by atoms with Crippen molar-refractivity contribution in [3.8, 4) is 0 Å². The van der Waals surface area contributed by atoms with Crippen LogP contribution in [0.1, 0.15) is 34.1 Å². The second kappa shape index (κ2) is 5.80. The van der Waals surface area contributed by atoms with E-state index in [0.29, 0.717) is 17.7 Å². The van der Waals surface area contributed by atoms with Crippen molar-refractivity contribution in [1.29, 1.82) is 0 Å². The highest BCUT2D eigenvalue weighted by molar-refractivity contribution is 6.18. The quantitative estimate of drug-likeness (QED) is 0.738. The minimum atomic E-state index is -0.254. The fraction of sp³-hybridized carbons (Fsp3) is 0.615. The van der Waals surface area contributed by atoms with E-state index in [1.54, 1.807) is 13.8 Å². The molecule has 0 aromatic heterocycles. The zero-order chi connectivity index (χ0) is 13.9. The van der Waals surface area contributed by atoms with Crippen LogP contribution in [0.4, 0.5) is 0 Å². The van der Waals surface area contributed by atoms with Crippen LogP contribution in [0.2, 0.25) is 0 Å². The van der Waals surface area contributed by atoms with Gasteiger partial charge < -0.3 is 5.32 Å². The Kier molecular flexibility index (Phi) is 4.64. The molecule has 5 heteroatoms. The fourth-order valence-corrected chi connectivity index (χ4v) is 1.67. The van der Waals surface area contributed by atoms with Crippen LogP contribution >= 0.6 is 0 Å². The van der Waals surface area contributed by atoms with Gasteiger partial charge in [-0.25, -0.2) is 0 Å². The van der Waals surface area contributed by atoms with E-state index in [-0.39, 0.29) is 30.2 Å². The number of nitrogens with zero attached hydrogens (tertiary/aromatic N) is 1. The van der Waals surface area contributed by atoms with E-state index in [0.717, 1.165) is 6.42 Å². The molecule has 1 aliphatic heterocycles. The number of amides is 3. The van der Waals surface area contributed by atoms with Crippen molar-refractivity contribution in [1.82, 2.24) is 10.2 Å². The van der Waals surface area contributed by atoms with Gasteiger partial charge in [0, 0.05) is 30.2 Å². The van der Waals surface area contributed by atoms with Crippen LogP contribution in [0.25, 0.3) is 0 Å². The van der Waals surface area contributed by atoms with Crippen molar-refractivity contribution in [2.45, 2.75) is 34.1 Å². The van der Waals surface area contributed by atoms with Crippen LogP contribution in [-0.4, -0.2) is 35.7 Å². The third-order valence-corrected chi connectivity index (χ3v) is 3.39. The first-order valence-electron chi connectivity index (χ1n) is 6.21. The van der Waals surface area contributed by atoms with Crippen LogP contribution in [-0.2, 0) is 14.4 Å². The zero-order valence-electron chi connectivity index (χ0n) is 11.4. The van der Waals surface area contributed by atoms with Gasteiger partial charge in [-0.2, -0.15) is 0 Å². The van der Waals surface area contributed by atoms with Gasteiger partial charge in [0.25, 0.3) is 11.8 Å². The summed E-state index contributed by atoms with van der Waals surface area (Å²) in [5, 5.41) is 2.73. The Morgan fingerprint density at radius 2 is 1.72 bits per heavy atom. The maximum Gasteiger partial charge on any atom is 0.256 e. The lowest BCUT2D eigenvalue weighted by molar-refractivity contribution is -0.138. The maximum atomic E-state index is 11.7. The average molecular weight is 252 g/mol. The Morgan fingerprint density at radius 1 is 1.22 bits per heavy atom. The number of rotatable bonds is 5. The Labute approximate surface area is 107 Å². The first-order valence-corrected chi connectivity index (χ1v) is 6.21. The molecule has 18 heavy (non-hydrogen) atoms. The molecule has 1 heterocycles. The molecule has 3 amide bonds. The van der Waals surface area contributed by atoms with Crippen LogP contribution in [0.5, 0.6) is 0 Å². The predicted octanol–water partition coefficient (Wildman–Crippen LogP) is 0.854. The molecule has 0 fully saturated rings. The number of nitrogens with one attached hydrogen (secondary N) is 1. The fourth-order valence-electron chi connectivity index (χ4n) is 1.67. The Balaban J connectivity index is 2.45. The van der Waals surface area contributed by atoms with Gasteiger partial charge in [0.2, 0.25) is 5.91 Å². The SMILES string of the molecule is CCC(C)C(=O)NCCN1C(=O)C(C)=C(C)C1=O. The second-order valence-corrected chi connectivity index (χ2v) is 4.61. The summed E-state index contributed by atoms with van der Waals surface area (Å²) >= 11 is 0. The molecule has 1 aliphatic rings. The van der Waals surface area contributed by atoms with Crippen LogP contribution in [0, 0.1) is 5.92 Å². The Morgan fingerprint density at radius 3 is 2.17 bits per heavy atom. The molecule has 1 atom stereocenters. The van der Waals surface area contributed by atoms with Gasteiger partial charge in [0.05, 0.1) is 0 Å². The van der Waals surface area contributed by atoms with Gasteiger partial charge in [-0.15, -0.1) is 0 Å². The van der Waals surface area contributed by atoms with Crippen LogP contribution < -0.4 is 5.32 Å². The summed E-state index contributed by atoms with van der Waals surface area (Å²) in [7, 11) is 0. The Bertz CT molecular complexity index is 388. The van der Waals surface area contributed by atoms with Gasteiger partial charge >= 0.3 is 0 Å². The van der Waals surface area contributed by atoms with E-state index >= 15 is 0 Å². The van der Waals surface area contributed by atoms with Gasteiger partial charge in [-0.1, -0.05) is 13.8 Å². The smallest absolute Gasteiger partial charge is 0.256 e. The van der Waals surface area contributed by atoms with Gasteiger partial charge in [-0.3, -0.25) is 19.3 Å². The number of carbonyl (C=O) groups excluding carboxylic acids is 3. The van der Waals surface area contributed by atoms with E-state index in [9.17, 15) is 14.4 Å². The molecule has 0 aromatic rings. The summed E-state index contributed by atoms with van der Waals surface area (Å²) < 4.78 is 0. The minimum absolute atomic E-state index is 0.0435. The molecule has 5 nitrogen and oxygen atoms in total. The van der Waals surface area contributed by atoms with Crippen molar-refractivity contribution >= 4 is 17.7 Å². The summed E-state index contributed by atoms with van der Waals surface area (Å²) in [5.74, 6) is -0.597. The number of carbonyl (C=O) groups is 3. The highest BCUT2D eigenvalue weighted by atomic mass is 16.2. The second-order valence-electron chi connectivity index (χ2n) is 4.61. The third-order valence-electron chi connectivity index (χ3n) is 3.39. The molecule has 1 N–H and O–H groups in total. The van der Waals surface area contributed by atoms with Gasteiger partial charge in [0.15, 0.2) is 0 Å². The van der Waals surface area contributed by atoms with Gasteiger partial charge in [-0.05, 0) is 20.3 Å². The van der Waals surface area contributed by atoms with Crippen molar-refractivity contribution in [3.63, 3.8) is 0 Å². The molecule has 0 saturated heterocycles. The van der Waals surface area contributed by atoms with Crippen molar-refractivity contribution < 1.29 is 14.4 Å². The first kappa shape index (κ1) is 14.4. The van der Waals surface area contributed by atoms with Gasteiger partial charge in [0.1, 0.15) is 0 Å². The van der Waals surface area contributed by atoms with E-state index in [4.69, 9.17) is 0 Å². The van der Waals surface area contributed by atoms with E-state index in [2.05, 4.69) is 5.32 Å². The van der Waals surface area contributed by atoms with Crippen LogP contribution in [0.15, 0.2) is 11.1 Å². The molecule has 1 rings (SSSR count). The molecule has 0 saturated carbocycles. The third kappa shape index (κ3) is 2.78. The average Bonchev–Trinajstić information content (AvgIpc) is 2.54. The van der Waals surface area contributed by atoms with Crippen LogP contribution in [0.3, 0.4) is 0 Å². The molecule has 0 aliphatic carbocycles. The van der Waals surface area contributed by atoms with E-state index < -0.39 is 0 Å². The molecular weight excluding hydrogens is 232 g/mol. The summed E-state index contributed by atoms with van der Waals surface area (Å²) in [4.78, 5) is 36.2. The summed E-state index contributed by atoms with van der Waals surface area (Å²) in [6.07, 6.45) is 0.771. The lowest BCUT2D eigenvalue weighted by atomic mass is 10.1. The Hall–Kier alpha value is -1.65. The minimum Gasteiger partial charge on any atom is -0.354 e. The monoisotopic (exact) mass is 252 g/mol. The van der Waals surface area contributed by atoms with Crippen molar-refractivity contribution in [2.24, 2.45) is 5.92 Å². The number of hydrogen-bond acceptors (Lipinski definition) is 3. The molecule has 0 aromatic carbocycles. The number of hydrogen-bond donors (Lipinski definition) is 1. The van der Waals surface area contributed by atoms with Crippen molar-refractivity contribution in [3.05, 3.63) is 11.1 Å². The number of imide groups is 1. The zero-order valence-corrected chi connectivity index (χ0v) is 11.4. The topological polar surface area (TPSA) is 66.5 Å². The largest absolute Gasteiger partial charge is 0.354 e. The highest BCUT2D eigenvalue weighted by Gasteiger charge is 2.32. The lowest BCUT2D eigenvalue weighted by Gasteiger charge is -2.16. The summed E-state index contributed by atoms with van der Waals surface area (Å²) in [6.45, 7) is 7.61. The lowest BCUT2D eigenvalue weighted by Crippen LogP contribution is -2.40. The molecule has 100 valence electrons. The standard InChI is InChI=1S/C13H20N2O3/c1-5-8(2)11(16)14-6-7-15-12(17)9(3)10(4)13(15)18/h8H,5-7H2,1-4H3,(H,14,16). The first-order chi connectivity index (χ1) is 8.40. The molecular formula is C13H20N2O3. The maximum absolute atomic E-state index is 11.7. The summed E-state index contributed by atoms with van der Waals surface area (Å²) in [6, 6.07) is 0. The molecule has 0 radical (unpaired) electrons. The molecule has 0 bridgehead atoms.